The van der Waals surface area contributed by atoms with Crippen LogP contribution in [-0.2, 0) is 0 Å². The Kier molecular flexibility index (Phi) is 11.0. The Bertz CT molecular complexity index is 874. The highest BCUT2D eigenvalue weighted by Crippen LogP contribution is 2.16. The van der Waals surface area contributed by atoms with Crippen LogP contribution >= 0.6 is 0 Å². The first-order chi connectivity index (χ1) is 17.9. The average Bonchev–Trinajstić information content (AvgIpc) is 3.37. The van der Waals surface area contributed by atoms with Crippen molar-refractivity contribution in [3.05, 3.63) is 59.7 Å². The summed E-state index contributed by atoms with van der Waals surface area (Å²) in [5, 5.41) is 6.84. The molecule has 0 amide bonds. The largest absolute Gasteiger partial charge is 0.494 e. The van der Waals surface area contributed by atoms with Gasteiger partial charge in [0.15, 0.2) is 0 Å². The second kappa shape index (κ2) is 15.2. The summed E-state index contributed by atoms with van der Waals surface area (Å²) in [6.07, 6.45) is 11.8. The summed E-state index contributed by atoms with van der Waals surface area (Å²) in [5.74, 6) is 3.91. The molecule has 194 valence electrons. The van der Waals surface area contributed by atoms with E-state index in [-0.39, 0.29) is 0 Å². The second-order valence-corrected chi connectivity index (χ2v) is 9.60. The minimum Gasteiger partial charge on any atom is -0.494 e. The molecule has 0 unspecified atom stereocenters. The summed E-state index contributed by atoms with van der Waals surface area (Å²) in [4.78, 5) is 9.27. The Hall–Kier alpha value is -3.02. The van der Waals surface area contributed by atoms with Crippen LogP contribution < -0.4 is 20.1 Å². The molecule has 2 aromatic carbocycles. The fourth-order valence-corrected chi connectivity index (χ4v) is 4.48. The van der Waals surface area contributed by atoms with Crippen molar-refractivity contribution in [3.8, 4) is 11.5 Å². The number of amidine groups is 2. The van der Waals surface area contributed by atoms with Crippen molar-refractivity contribution >= 4 is 11.7 Å². The van der Waals surface area contributed by atoms with Gasteiger partial charge in [0.05, 0.1) is 13.2 Å². The van der Waals surface area contributed by atoms with Crippen molar-refractivity contribution in [1.82, 2.24) is 10.6 Å². The Morgan fingerprint density at radius 3 is 1.39 bits per heavy atom. The molecule has 4 rings (SSSR count). The molecular weight excluding hydrogens is 448 g/mol. The van der Waals surface area contributed by atoms with E-state index in [1.54, 1.807) is 0 Å². The van der Waals surface area contributed by atoms with Crippen LogP contribution in [0.3, 0.4) is 0 Å². The molecule has 6 heteroatoms. The van der Waals surface area contributed by atoms with Gasteiger partial charge >= 0.3 is 0 Å². The zero-order valence-electron chi connectivity index (χ0n) is 21.6. The summed E-state index contributed by atoms with van der Waals surface area (Å²) in [6.45, 7) is 5.39. The number of aliphatic imine (C=N–C) groups is 2. The minimum absolute atomic E-state index is 0.777. The summed E-state index contributed by atoms with van der Waals surface area (Å²) in [5.41, 5.74) is 2.29. The first-order valence-electron chi connectivity index (χ1n) is 13.9. The molecule has 0 aromatic heterocycles. The van der Waals surface area contributed by atoms with Gasteiger partial charge in [-0.3, -0.25) is 9.98 Å². The molecule has 2 N–H and O–H groups in total. The highest BCUT2D eigenvalue weighted by atomic mass is 16.5. The van der Waals surface area contributed by atoms with Crippen LogP contribution in [0.4, 0.5) is 0 Å². The van der Waals surface area contributed by atoms with Crippen LogP contribution in [0.1, 0.15) is 75.3 Å². The van der Waals surface area contributed by atoms with E-state index in [4.69, 9.17) is 9.47 Å². The maximum Gasteiger partial charge on any atom is 0.128 e. The van der Waals surface area contributed by atoms with Crippen LogP contribution in [0.15, 0.2) is 58.5 Å². The molecule has 2 aliphatic rings. The van der Waals surface area contributed by atoms with Crippen LogP contribution in [-0.4, -0.2) is 51.1 Å². The Balaban J connectivity index is 1.01. The quantitative estimate of drug-likeness (QED) is 0.351. The van der Waals surface area contributed by atoms with E-state index in [0.29, 0.717) is 0 Å². The summed E-state index contributed by atoms with van der Waals surface area (Å²) < 4.78 is 11.9. The van der Waals surface area contributed by atoms with Crippen LogP contribution in [0, 0.1) is 0 Å². The van der Waals surface area contributed by atoms with E-state index < -0.39 is 0 Å². The van der Waals surface area contributed by atoms with Crippen LogP contribution in [0.5, 0.6) is 11.5 Å². The lowest BCUT2D eigenvalue weighted by Crippen LogP contribution is -2.24. The van der Waals surface area contributed by atoms with E-state index in [0.717, 1.165) is 99.4 Å². The molecule has 0 fully saturated rings. The average molecular weight is 491 g/mol. The Morgan fingerprint density at radius 2 is 0.944 bits per heavy atom. The molecule has 0 radical (unpaired) electrons. The highest BCUT2D eigenvalue weighted by Gasteiger charge is 2.07. The number of nitrogens with one attached hydrogen (secondary N) is 2. The van der Waals surface area contributed by atoms with Gasteiger partial charge < -0.3 is 20.1 Å². The summed E-state index contributed by atoms with van der Waals surface area (Å²) in [6, 6.07) is 16.6. The number of ether oxygens (including phenoxy) is 2. The molecule has 2 aliphatic heterocycles. The number of hydrogen-bond donors (Lipinski definition) is 2. The molecule has 36 heavy (non-hydrogen) atoms. The minimum atomic E-state index is 0.777. The van der Waals surface area contributed by atoms with E-state index in [9.17, 15) is 0 Å². The summed E-state index contributed by atoms with van der Waals surface area (Å²) >= 11 is 0. The lowest BCUT2D eigenvalue weighted by molar-refractivity contribution is 0.297. The number of unbranched alkanes of at least 4 members (excludes halogenated alkanes) is 5. The van der Waals surface area contributed by atoms with Gasteiger partial charge in [-0.05, 0) is 87.1 Å². The summed E-state index contributed by atoms with van der Waals surface area (Å²) in [7, 11) is 0. The number of nitrogens with zero attached hydrogens (tertiary/aromatic N) is 2. The zero-order valence-corrected chi connectivity index (χ0v) is 21.6. The number of rotatable bonds is 13. The molecule has 0 atom stereocenters. The van der Waals surface area contributed by atoms with Gasteiger partial charge in [0.25, 0.3) is 0 Å². The standard InChI is InChI=1S/C30H42N4O2/c1(3-9-23-35-27-15-11-25(12-16-27)29-31-19-5-6-20-32-29)2-4-10-24-36-28-17-13-26(14-18-28)30-33-21-7-8-22-34-30/h11-18H,1-10,19-24H2,(H,31,32)(H,33,34). The predicted octanol–water partition coefficient (Wildman–Crippen LogP) is 5.75. The van der Waals surface area contributed by atoms with Crippen molar-refractivity contribution in [1.29, 1.82) is 0 Å². The fraction of sp³-hybridized carbons (Fsp3) is 0.533. The first kappa shape index (κ1) is 26.1. The van der Waals surface area contributed by atoms with Crippen molar-refractivity contribution in [2.24, 2.45) is 9.98 Å². The molecule has 0 bridgehead atoms. The van der Waals surface area contributed by atoms with Gasteiger partial charge in [-0.15, -0.1) is 0 Å². The van der Waals surface area contributed by atoms with E-state index >= 15 is 0 Å². The van der Waals surface area contributed by atoms with Crippen molar-refractivity contribution in [3.63, 3.8) is 0 Å². The normalized spacial score (nSPS) is 16.0. The van der Waals surface area contributed by atoms with Gasteiger partial charge in [0, 0.05) is 37.3 Å². The third kappa shape index (κ3) is 8.89. The fourth-order valence-electron chi connectivity index (χ4n) is 4.48. The monoisotopic (exact) mass is 490 g/mol. The number of benzene rings is 2. The maximum atomic E-state index is 5.93. The van der Waals surface area contributed by atoms with Crippen LogP contribution in [0.2, 0.25) is 0 Å². The Labute approximate surface area is 216 Å². The van der Waals surface area contributed by atoms with Gasteiger partial charge in [-0.25, -0.2) is 0 Å². The SMILES string of the molecule is c1cc(C2=NCCCCN2)ccc1OCCCCCCCCOc1ccc(C2=NCCCCN2)cc1. The van der Waals surface area contributed by atoms with Crippen molar-refractivity contribution < 1.29 is 9.47 Å². The zero-order chi connectivity index (χ0) is 24.7. The van der Waals surface area contributed by atoms with Crippen molar-refractivity contribution in [2.75, 3.05) is 39.4 Å². The van der Waals surface area contributed by atoms with E-state index in [1.165, 1.54) is 38.5 Å². The van der Waals surface area contributed by atoms with Gasteiger partial charge in [0.2, 0.25) is 0 Å². The van der Waals surface area contributed by atoms with Crippen molar-refractivity contribution in [2.45, 2.75) is 64.2 Å². The molecular formula is C30H42N4O2. The third-order valence-electron chi connectivity index (χ3n) is 6.63. The smallest absolute Gasteiger partial charge is 0.128 e. The second-order valence-electron chi connectivity index (χ2n) is 9.60. The topological polar surface area (TPSA) is 67.2 Å². The molecule has 0 spiro atoms. The van der Waals surface area contributed by atoms with Gasteiger partial charge in [-0.1, -0.05) is 25.7 Å². The van der Waals surface area contributed by atoms with E-state index in [2.05, 4.69) is 69.1 Å². The third-order valence-corrected chi connectivity index (χ3v) is 6.63. The maximum absolute atomic E-state index is 5.93. The molecule has 2 aromatic rings. The lowest BCUT2D eigenvalue weighted by Gasteiger charge is -2.10. The van der Waals surface area contributed by atoms with E-state index in [1.807, 2.05) is 0 Å². The van der Waals surface area contributed by atoms with Gasteiger partial charge in [-0.2, -0.15) is 0 Å². The molecule has 0 saturated heterocycles. The molecule has 0 saturated carbocycles. The molecule has 2 heterocycles. The first-order valence-corrected chi connectivity index (χ1v) is 13.9. The predicted molar refractivity (Wildman–Crippen MR) is 149 cm³/mol. The van der Waals surface area contributed by atoms with Gasteiger partial charge in [0.1, 0.15) is 23.2 Å². The molecule has 0 aliphatic carbocycles. The highest BCUT2D eigenvalue weighted by molar-refractivity contribution is 5.99. The molecule has 6 nitrogen and oxygen atoms in total. The van der Waals surface area contributed by atoms with Crippen LogP contribution in [0.25, 0.3) is 0 Å². The Morgan fingerprint density at radius 1 is 0.528 bits per heavy atom. The lowest BCUT2D eigenvalue weighted by atomic mass is 10.1. The number of hydrogen-bond acceptors (Lipinski definition) is 6.